The Morgan fingerprint density at radius 2 is 1.77 bits per heavy atom. The van der Waals surface area contributed by atoms with E-state index in [0.717, 1.165) is 21.7 Å². The van der Waals surface area contributed by atoms with Crippen molar-refractivity contribution in [1.29, 1.82) is 0 Å². The van der Waals surface area contributed by atoms with Crippen molar-refractivity contribution in [3.05, 3.63) is 54.4 Å². The summed E-state index contributed by atoms with van der Waals surface area (Å²) in [5, 5.41) is 14.7. The summed E-state index contributed by atoms with van der Waals surface area (Å²) in [7, 11) is -3.55. The Morgan fingerprint density at radius 3 is 2.36 bits per heavy atom. The zero-order chi connectivity index (χ0) is 15.9. The number of benzene rings is 2. The minimum absolute atomic E-state index is 0.0393. The molecule has 0 aliphatic carbocycles. The standard InChI is InChI=1S/C15H12N2O4S/c1-22(20,21)14-9-11-5-3-2-4-10(11)8-13(14)17-12(15(18)19)6-7-16-17/h2-9H,1H3,(H,18,19). The number of hydrogen-bond donors (Lipinski definition) is 1. The van der Waals surface area contributed by atoms with Crippen LogP contribution in [0.25, 0.3) is 16.5 Å². The van der Waals surface area contributed by atoms with E-state index in [1.54, 1.807) is 12.1 Å². The van der Waals surface area contributed by atoms with Gasteiger partial charge in [-0.3, -0.25) is 0 Å². The van der Waals surface area contributed by atoms with Crippen molar-refractivity contribution >= 4 is 26.6 Å². The predicted molar refractivity (Wildman–Crippen MR) is 81.1 cm³/mol. The molecule has 0 unspecified atom stereocenters. The van der Waals surface area contributed by atoms with E-state index in [-0.39, 0.29) is 16.3 Å². The van der Waals surface area contributed by atoms with Crippen LogP contribution in [-0.2, 0) is 9.84 Å². The highest BCUT2D eigenvalue weighted by Crippen LogP contribution is 2.27. The van der Waals surface area contributed by atoms with E-state index >= 15 is 0 Å². The number of carboxylic acid groups (broad SMARTS) is 1. The van der Waals surface area contributed by atoms with Gasteiger partial charge in [-0.25, -0.2) is 17.9 Å². The third-order valence-electron chi connectivity index (χ3n) is 3.32. The summed E-state index contributed by atoms with van der Waals surface area (Å²) < 4.78 is 25.3. The summed E-state index contributed by atoms with van der Waals surface area (Å²) in [6.07, 6.45) is 2.41. The number of hydrogen-bond acceptors (Lipinski definition) is 4. The molecule has 2 aromatic carbocycles. The van der Waals surface area contributed by atoms with Crippen LogP contribution < -0.4 is 0 Å². The molecule has 3 rings (SSSR count). The van der Waals surface area contributed by atoms with Crippen LogP contribution >= 0.6 is 0 Å². The maximum atomic E-state index is 12.1. The highest BCUT2D eigenvalue weighted by atomic mass is 32.2. The Kier molecular flexibility index (Phi) is 3.22. The Labute approximate surface area is 126 Å². The van der Waals surface area contributed by atoms with Crippen LogP contribution in [0.3, 0.4) is 0 Å². The number of aromatic carboxylic acids is 1. The summed E-state index contributed by atoms with van der Waals surface area (Å²) >= 11 is 0. The average molecular weight is 316 g/mol. The van der Waals surface area contributed by atoms with Crippen LogP contribution in [-0.4, -0.2) is 35.5 Å². The zero-order valence-corrected chi connectivity index (χ0v) is 12.4. The van der Waals surface area contributed by atoms with Gasteiger partial charge in [0.1, 0.15) is 0 Å². The van der Waals surface area contributed by atoms with Crippen LogP contribution in [0.1, 0.15) is 10.5 Å². The van der Waals surface area contributed by atoms with E-state index in [9.17, 15) is 18.3 Å². The molecular weight excluding hydrogens is 304 g/mol. The maximum absolute atomic E-state index is 12.1. The monoisotopic (exact) mass is 316 g/mol. The van der Waals surface area contributed by atoms with Crippen molar-refractivity contribution in [3.63, 3.8) is 0 Å². The molecule has 7 heteroatoms. The molecule has 0 aliphatic rings. The molecule has 0 bridgehead atoms. The lowest BCUT2D eigenvalue weighted by molar-refractivity contribution is 0.0687. The number of fused-ring (bicyclic) bond motifs is 1. The van der Waals surface area contributed by atoms with Gasteiger partial charge in [0.25, 0.3) is 0 Å². The molecule has 0 spiro atoms. The van der Waals surface area contributed by atoms with E-state index in [1.165, 1.54) is 18.3 Å². The van der Waals surface area contributed by atoms with Crippen molar-refractivity contribution in [3.8, 4) is 5.69 Å². The van der Waals surface area contributed by atoms with Gasteiger partial charge in [0.15, 0.2) is 15.5 Å². The number of nitrogens with zero attached hydrogens (tertiary/aromatic N) is 2. The fourth-order valence-corrected chi connectivity index (χ4v) is 3.19. The van der Waals surface area contributed by atoms with Crippen molar-refractivity contribution in [2.45, 2.75) is 4.90 Å². The first kappa shape index (κ1) is 14.3. The largest absolute Gasteiger partial charge is 0.477 e. The van der Waals surface area contributed by atoms with E-state index in [2.05, 4.69) is 5.10 Å². The van der Waals surface area contributed by atoms with Crippen LogP contribution in [0, 0.1) is 0 Å². The molecule has 0 fully saturated rings. The van der Waals surface area contributed by atoms with Crippen molar-refractivity contribution < 1.29 is 18.3 Å². The van der Waals surface area contributed by atoms with Crippen LogP contribution in [0.2, 0.25) is 0 Å². The first-order valence-electron chi connectivity index (χ1n) is 6.38. The second-order valence-corrected chi connectivity index (χ2v) is 6.86. The lowest BCUT2D eigenvalue weighted by Gasteiger charge is -2.12. The average Bonchev–Trinajstić information content (AvgIpc) is 2.94. The maximum Gasteiger partial charge on any atom is 0.354 e. The van der Waals surface area contributed by atoms with Crippen LogP contribution in [0.15, 0.2) is 53.6 Å². The molecule has 0 saturated carbocycles. The Bertz CT molecular complexity index is 990. The Balaban J connectivity index is 2.41. The Hall–Kier alpha value is -2.67. The third-order valence-corrected chi connectivity index (χ3v) is 4.44. The molecule has 0 amide bonds. The fraction of sp³-hybridized carbons (Fsp3) is 0.0667. The number of aromatic nitrogens is 2. The minimum Gasteiger partial charge on any atom is -0.477 e. The highest BCUT2D eigenvalue weighted by Gasteiger charge is 2.20. The summed E-state index contributed by atoms with van der Waals surface area (Å²) in [5.41, 5.74) is 0.129. The second kappa shape index (κ2) is 4.96. The summed E-state index contributed by atoms with van der Waals surface area (Å²) in [4.78, 5) is 11.3. The van der Waals surface area contributed by atoms with E-state index in [1.807, 2.05) is 18.2 Å². The van der Waals surface area contributed by atoms with Gasteiger partial charge in [0.05, 0.1) is 16.8 Å². The molecule has 6 nitrogen and oxygen atoms in total. The summed E-state index contributed by atoms with van der Waals surface area (Å²) in [6, 6.07) is 11.8. The molecule has 1 heterocycles. The van der Waals surface area contributed by atoms with Crippen molar-refractivity contribution in [2.24, 2.45) is 0 Å². The topological polar surface area (TPSA) is 89.3 Å². The van der Waals surface area contributed by atoms with Gasteiger partial charge in [-0.1, -0.05) is 24.3 Å². The first-order valence-corrected chi connectivity index (χ1v) is 8.27. The number of sulfone groups is 1. The normalized spacial score (nSPS) is 11.7. The molecular formula is C15H12N2O4S. The molecule has 112 valence electrons. The van der Waals surface area contributed by atoms with Gasteiger partial charge in [-0.2, -0.15) is 5.10 Å². The van der Waals surface area contributed by atoms with Crippen molar-refractivity contribution in [1.82, 2.24) is 9.78 Å². The number of rotatable bonds is 3. The van der Waals surface area contributed by atoms with Crippen LogP contribution in [0.5, 0.6) is 0 Å². The van der Waals surface area contributed by atoms with Gasteiger partial charge >= 0.3 is 5.97 Å². The molecule has 0 radical (unpaired) electrons. The SMILES string of the molecule is CS(=O)(=O)c1cc2ccccc2cc1-n1nccc1C(=O)O. The quantitative estimate of drug-likeness (QED) is 0.799. The van der Waals surface area contributed by atoms with E-state index in [4.69, 9.17) is 0 Å². The molecule has 1 N–H and O–H groups in total. The number of carbonyl (C=O) groups is 1. The minimum atomic E-state index is -3.55. The molecule has 3 aromatic rings. The summed E-state index contributed by atoms with van der Waals surface area (Å²) in [6.45, 7) is 0. The third kappa shape index (κ3) is 2.35. The lowest BCUT2D eigenvalue weighted by Crippen LogP contribution is -2.12. The fourth-order valence-electron chi connectivity index (χ4n) is 2.33. The van der Waals surface area contributed by atoms with Gasteiger partial charge in [-0.15, -0.1) is 0 Å². The Morgan fingerprint density at radius 1 is 1.14 bits per heavy atom. The van der Waals surface area contributed by atoms with Gasteiger partial charge in [0.2, 0.25) is 0 Å². The molecule has 0 saturated heterocycles. The van der Waals surface area contributed by atoms with E-state index < -0.39 is 15.8 Å². The first-order chi connectivity index (χ1) is 10.4. The van der Waals surface area contributed by atoms with E-state index in [0.29, 0.717) is 0 Å². The van der Waals surface area contributed by atoms with Gasteiger partial charge in [0, 0.05) is 6.26 Å². The highest BCUT2D eigenvalue weighted by molar-refractivity contribution is 7.90. The molecule has 22 heavy (non-hydrogen) atoms. The van der Waals surface area contributed by atoms with Crippen LogP contribution in [0.4, 0.5) is 0 Å². The second-order valence-electron chi connectivity index (χ2n) is 4.87. The lowest BCUT2D eigenvalue weighted by atomic mass is 10.1. The van der Waals surface area contributed by atoms with Gasteiger partial charge < -0.3 is 5.11 Å². The predicted octanol–water partition coefficient (Wildman–Crippen LogP) is 2.13. The smallest absolute Gasteiger partial charge is 0.354 e. The summed E-state index contributed by atoms with van der Waals surface area (Å²) in [5.74, 6) is -1.18. The molecule has 0 aliphatic heterocycles. The zero-order valence-electron chi connectivity index (χ0n) is 11.6. The molecule has 0 atom stereocenters. The number of carboxylic acids is 1. The molecule has 1 aromatic heterocycles. The van der Waals surface area contributed by atoms with Crippen molar-refractivity contribution in [2.75, 3.05) is 6.26 Å². The van der Waals surface area contributed by atoms with Gasteiger partial charge in [-0.05, 0) is 29.0 Å².